The highest BCUT2D eigenvalue weighted by Crippen LogP contribution is 2.40. The molecule has 136 valence electrons. The standard InChI is InChI=1S/C20H21ClN2O3/c1-12-16(21)7-5-8-17(12)23-20(25)15-10-14(15)19(24)22-11-13-6-3-4-9-18(13)26-2/h3-9,14-15H,10-11H2,1-2H3,(H,22,24)(H,23,25). The van der Waals surface area contributed by atoms with Crippen molar-refractivity contribution in [3.63, 3.8) is 0 Å². The second kappa shape index (κ2) is 7.79. The van der Waals surface area contributed by atoms with Crippen LogP contribution in [0.2, 0.25) is 5.02 Å². The third-order valence-electron chi connectivity index (χ3n) is 4.64. The molecule has 2 aromatic rings. The van der Waals surface area contributed by atoms with Gasteiger partial charge < -0.3 is 15.4 Å². The van der Waals surface area contributed by atoms with Gasteiger partial charge in [-0.1, -0.05) is 35.9 Å². The molecule has 2 unspecified atom stereocenters. The molecule has 1 aliphatic carbocycles. The maximum absolute atomic E-state index is 12.4. The summed E-state index contributed by atoms with van der Waals surface area (Å²) in [6.07, 6.45) is 0.559. The van der Waals surface area contributed by atoms with Crippen molar-refractivity contribution in [2.75, 3.05) is 12.4 Å². The maximum Gasteiger partial charge on any atom is 0.228 e. The molecule has 1 fully saturated rings. The van der Waals surface area contributed by atoms with E-state index in [-0.39, 0.29) is 23.7 Å². The van der Waals surface area contributed by atoms with Gasteiger partial charge in [-0.15, -0.1) is 0 Å². The van der Waals surface area contributed by atoms with Crippen molar-refractivity contribution in [2.45, 2.75) is 19.9 Å². The number of hydrogen-bond donors (Lipinski definition) is 2. The number of ether oxygens (including phenoxy) is 1. The lowest BCUT2D eigenvalue weighted by atomic mass is 10.2. The summed E-state index contributed by atoms with van der Waals surface area (Å²) in [6.45, 7) is 2.23. The quantitative estimate of drug-likeness (QED) is 0.814. The predicted octanol–water partition coefficient (Wildman–Crippen LogP) is 3.55. The first-order valence-corrected chi connectivity index (χ1v) is 8.84. The Kier molecular flexibility index (Phi) is 5.47. The van der Waals surface area contributed by atoms with Crippen LogP contribution in [-0.2, 0) is 16.1 Å². The molecule has 6 heteroatoms. The zero-order chi connectivity index (χ0) is 18.7. The highest BCUT2D eigenvalue weighted by atomic mass is 35.5. The van der Waals surface area contributed by atoms with Crippen LogP contribution in [0.1, 0.15) is 17.5 Å². The normalized spacial score (nSPS) is 18.1. The largest absolute Gasteiger partial charge is 0.496 e. The average Bonchev–Trinajstić information content (AvgIpc) is 3.44. The lowest BCUT2D eigenvalue weighted by Crippen LogP contribution is -2.27. The zero-order valence-corrected chi connectivity index (χ0v) is 15.5. The Morgan fingerprint density at radius 3 is 2.62 bits per heavy atom. The molecule has 3 rings (SSSR count). The Hall–Kier alpha value is -2.53. The highest BCUT2D eigenvalue weighted by Gasteiger charge is 2.48. The second-order valence-electron chi connectivity index (χ2n) is 6.38. The van der Waals surface area contributed by atoms with Crippen molar-refractivity contribution in [2.24, 2.45) is 11.8 Å². The number of anilines is 1. The first-order chi connectivity index (χ1) is 12.5. The molecule has 0 bridgehead atoms. The third-order valence-corrected chi connectivity index (χ3v) is 5.04. The topological polar surface area (TPSA) is 67.4 Å². The van der Waals surface area contributed by atoms with E-state index in [2.05, 4.69) is 10.6 Å². The van der Waals surface area contributed by atoms with E-state index in [1.807, 2.05) is 31.2 Å². The number of benzene rings is 2. The van der Waals surface area contributed by atoms with Gasteiger partial charge in [-0.05, 0) is 37.1 Å². The molecule has 0 spiro atoms. The van der Waals surface area contributed by atoms with Crippen molar-refractivity contribution < 1.29 is 14.3 Å². The summed E-state index contributed by atoms with van der Waals surface area (Å²) in [4.78, 5) is 24.7. The fourth-order valence-corrected chi connectivity index (χ4v) is 3.08. The fourth-order valence-electron chi connectivity index (χ4n) is 2.91. The lowest BCUT2D eigenvalue weighted by Gasteiger charge is -2.10. The van der Waals surface area contributed by atoms with Crippen LogP contribution in [0.25, 0.3) is 0 Å². The summed E-state index contributed by atoms with van der Waals surface area (Å²) >= 11 is 6.07. The first kappa shape index (κ1) is 18.3. The number of amides is 2. The van der Waals surface area contributed by atoms with Crippen LogP contribution in [0.5, 0.6) is 5.75 Å². The number of carbonyl (C=O) groups excluding carboxylic acids is 2. The van der Waals surface area contributed by atoms with Crippen LogP contribution < -0.4 is 15.4 Å². The Labute approximate surface area is 157 Å². The summed E-state index contributed by atoms with van der Waals surface area (Å²) in [6, 6.07) is 12.9. The summed E-state index contributed by atoms with van der Waals surface area (Å²) in [7, 11) is 1.60. The summed E-state index contributed by atoms with van der Waals surface area (Å²) < 4.78 is 5.27. The number of carbonyl (C=O) groups is 2. The minimum absolute atomic E-state index is 0.112. The molecular formula is C20H21ClN2O3. The number of halogens is 1. The van der Waals surface area contributed by atoms with Gasteiger partial charge in [-0.2, -0.15) is 0 Å². The van der Waals surface area contributed by atoms with Crippen LogP contribution in [0.3, 0.4) is 0 Å². The monoisotopic (exact) mass is 372 g/mol. The number of methoxy groups -OCH3 is 1. The van der Waals surface area contributed by atoms with Crippen LogP contribution in [0.15, 0.2) is 42.5 Å². The van der Waals surface area contributed by atoms with E-state index >= 15 is 0 Å². The zero-order valence-electron chi connectivity index (χ0n) is 14.7. The molecule has 0 saturated heterocycles. The van der Waals surface area contributed by atoms with Gasteiger partial charge in [-0.3, -0.25) is 9.59 Å². The van der Waals surface area contributed by atoms with E-state index in [0.29, 0.717) is 23.7 Å². The van der Waals surface area contributed by atoms with Gasteiger partial charge in [0.05, 0.1) is 18.9 Å². The van der Waals surface area contributed by atoms with Gasteiger partial charge in [0.2, 0.25) is 11.8 Å². The van der Waals surface area contributed by atoms with Gasteiger partial charge in [0, 0.05) is 22.8 Å². The summed E-state index contributed by atoms with van der Waals surface area (Å²) in [5.74, 6) is -0.115. The number of nitrogens with one attached hydrogen (secondary N) is 2. The number of rotatable bonds is 6. The van der Waals surface area contributed by atoms with E-state index in [0.717, 1.165) is 16.9 Å². The van der Waals surface area contributed by atoms with E-state index in [1.54, 1.807) is 25.3 Å². The highest BCUT2D eigenvalue weighted by molar-refractivity contribution is 6.31. The SMILES string of the molecule is COc1ccccc1CNC(=O)C1CC1C(=O)Nc1cccc(Cl)c1C. The smallest absolute Gasteiger partial charge is 0.228 e. The van der Waals surface area contributed by atoms with Crippen molar-refractivity contribution in [1.29, 1.82) is 0 Å². The average molecular weight is 373 g/mol. The van der Waals surface area contributed by atoms with Crippen molar-refractivity contribution in [1.82, 2.24) is 5.32 Å². The molecule has 0 heterocycles. The van der Waals surface area contributed by atoms with Crippen LogP contribution in [0, 0.1) is 18.8 Å². The van der Waals surface area contributed by atoms with E-state index < -0.39 is 0 Å². The van der Waals surface area contributed by atoms with Gasteiger partial charge in [0.25, 0.3) is 0 Å². The molecule has 2 N–H and O–H groups in total. The summed E-state index contributed by atoms with van der Waals surface area (Å²) in [5.41, 5.74) is 2.41. The molecule has 2 aromatic carbocycles. The van der Waals surface area contributed by atoms with Gasteiger partial charge in [0.1, 0.15) is 5.75 Å². The van der Waals surface area contributed by atoms with Gasteiger partial charge in [0.15, 0.2) is 0 Å². The molecule has 2 atom stereocenters. The van der Waals surface area contributed by atoms with Crippen LogP contribution in [0.4, 0.5) is 5.69 Å². The van der Waals surface area contributed by atoms with Gasteiger partial charge in [-0.25, -0.2) is 0 Å². The second-order valence-corrected chi connectivity index (χ2v) is 6.79. The first-order valence-electron chi connectivity index (χ1n) is 8.47. The predicted molar refractivity (Wildman–Crippen MR) is 101 cm³/mol. The van der Waals surface area contributed by atoms with E-state index in [9.17, 15) is 9.59 Å². The molecule has 1 aliphatic rings. The molecule has 26 heavy (non-hydrogen) atoms. The van der Waals surface area contributed by atoms with Crippen molar-refractivity contribution >= 4 is 29.1 Å². The molecule has 5 nitrogen and oxygen atoms in total. The van der Waals surface area contributed by atoms with Gasteiger partial charge >= 0.3 is 0 Å². The molecule has 0 aromatic heterocycles. The minimum Gasteiger partial charge on any atom is -0.496 e. The third kappa shape index (κ3) is 3.99. The number of hydrogen-bond acceptors (Lipinski definition) is 3. The fraction of sp³-hybridized carbons (Fsp3) is 0.300. The molecular weight excluding hydrogens is 352 g/mol. The van der Waals surface area contributed by atoms with Crippen LogP contribution >= 0.6 is 11.6 Å². The van der Waals surface area contributed by atoms with Crippen molar-refractivity contribution in [3.8, 4) is 5.75 Å². The molecule has 1 saturated carbocycles. The minimum atomic E-state index is -0.300. The Balaban J connectivity index is 1.53. The molecule has 0 aliphatic heterocycles. The Morgan fingerprint density at radius 2 is 1.85 bits per heavy atom. The number of para-hydroxylation sites is 1. The maximum atomic E-state index is 12.4. The van der Waals surface area contributed by atoms with E-state index in [1.165, 1.54) is 0 Å². The lowest BCUT2D eigenvalue weighted by molar-refractivity contribution is -0.125. The molecule has 2 amide bonds. The Morgan fingerprint density at radius 1 is 1.12 bits per heavy atom. The van der Waals surface area contributed by atoms with Crippen LogP contribution in [-0.4, -0.2) is 18.9 Å². The summed E-state index contributed by atoms with van der Waals surface area (Å²) in [5, 5.41) is 6.35. The molecule has 0 radical (unpaired) electrons. The van der Waals surface area contributed by atoms with Crippen molar-refractivity contribution in [3.05, 3.63) is 58.6 Å². The Bertz CT molecular complexity index is 838. The van der Waals surface area contributed by atoms with E-state index in [4.69, 9.17) is 16.3 Å².